The van der Waals surface area contributed by atoms with Gasteiger partial charge in [-0.2, -0.15) is 9.13 Å². The van der Waals surface area contributed by atoms with Crippen LogP contribution in [0.3, 0.4) is 0 Å². The second kappa shape index (κ2) is 19.1. The molecule has 0 heterocycles. The molecular formula is C51H58O8P2. The van der Waals surface area contributed by atoms with Gasteiger partial charge >= 0.3 is 15.6 Å². The summed E-state index contributed by atoms with van der Waals surface area (Å²) in [5, 5.41) is 0. The highest BCUT2D eigenvalue weighted by molar-refractivity contribution is 7.50. The lowest BCUT2D eigenvalue weighted by Gasteiger charge is -2.27. The van der Waals surface area contributed by atoms with Crippen molar-refractivity contribution in [2.75, 3.05) is 0 Å². The first-order chi connectivity index (χ1) is 29.1. The van der Waals surface area contributed by atoms with E-state index in [0.717, 1.165) is 55.6 Å². The van der Waals surface area contributed by atoms with Crippen molar-refractivity contribution in [3.8, 4) is 34.5 Å². The summed E-state index contributed by atoms with van der Waals surface area (Å²) in [6.45, 7) is 20.3. The monoisotopic (exact) mass is 860 g/mol. The molecule has 6 aromatic rings. The number of hydrogen-bond acceptors (Lipinski definition) is 8. The Bertz CT molecular complexity index is 2270. The van der Waals surface area contributed by atoms with Crippen molar-refractivity contribution in [2.45, 2.75) is 100 Å². The molecule has 10 heteroatoms. The number of phosphoric acid groups is 2. The summed E-state index contributed by atoms with van der Waals surface area (Å²) in [7, 11) is -8.52. The highest BCUT2D eigenvalue weighted by Gasteiger charge is 2.37. The molecule has 0 radical (unpaired) electrons. The van der Waals surface area contributed by atoms with Gasteiger partial charge in [0.1, 0.15) is 34.5 Å². The van der Waals surface area contributed by atoms with Crippen molar-refractivity contribution in [1.82, 2.24) is 0 Å². The van der Waals surface area contributed by atoms with Gasteiger partial charge in [-0.3, -0.25) is 0 Å². The Hall–Kier alpha value is -5.42. The Kier molecular flexibility index (Phi) is 14.1. The first-order valence-corrected chi connectivity index (χ1v) is 24.0. The summed E-state index contributed by atoms with van der Waals surface area (Å²) in [6.07, 6.45) is 2.74. The van der Waals surface area contributed by atoms with Gasteiger partial charge in [-0.25, -0.2) is 0 Å². The van der Waals surface area contributed by atoms with Gasteiger partial charge < -0.3 is 27.1 Å². The minimum absolute atomic E-state index is 0.332. The van der Waals surface area contributed by atoms with E-state index in [9.17, 15) is 9.13 Å². The minimum Gasteiger partial charge on any atom is -0.386 e. The first kappa shape index (κ1) is 45.1. The van der Waals surface area contributed by atoms with E-state index >= 15 is 0 Å². The Morgan fingerprint density at radius 3 is 0.852 bits per heavy atom. The third-order valence-corrected chi connectivity index (χ3v) is 13.9. The van der Waals surface area contributed by atoms with Crippen molar-refractivity contribution >= 4 is 15.6 Å². The SMILES string of the molecule is CCc1c(C)cccc1OP(=O)(Oc1ccc(C(C)(C)c2ccc(OP(=O)(Oc3cccc(C)c3CC)Oc3cccc(C)c3CC)cc2)cc1)Oc1cccc(C)c1CC. The van der Waals surface area contributed by atoms with Crippen LogP contribution in [0.2, 0.25) is 0 Å². The summed E-state index contributed by atoms with van der Waals surface area (Å²) in [5.74, 6) is 2.49. The highest BCUT2D eigenvalue weighted by Crippen LogP contribution is 2.53. The minimum atomic E-state index is -4.26. The fourth-order valence-corrected chi connectivity index (χ4v) is 10.4. The molecule has 8 nitrogen and oxygen atoms in total. The van der Waals surface area contributed by atoms with Crippen molar-refractivity contribution in [3.05, 3.63) is 177 Å². The summed E-state index contributed by atoms with van der Waals surface area (Å²) in [4.78, 5) is 0. The van der Waals surface area contributed by atoms with Gasteiger partial charge in [0, 0.05) is 5.41 Å². The van der Waals surface area contributed by atoms with Crippen molar-refractivity contribution in [2.24, 2.45) is 0 Å². The fraction of sp³-hybridized carbons (Fsp3) is 0.294. The maximum absolute atomic E-state index is 14.7. The second-order valence-corrected chi connectivity index (χ2v) is 18.6. The zero-order valence-electron chi connectivity index (χ0n) is 37.0. The predicted molar refractivity (Wildman–Crippen MR) is 246 cm³/mol. The zero-order valence-corrected chi connectivity index (χ0v) is 38.8. The quantitative estimate of drug-likeness (QED) is 0.0790. The molecule has 0 aromatic heterocycles. The number of aryl methyl sites for hydroxylation is 4. The van der Waals surface area contributed by atoms with Gasteiger partial charge in [0.25, 0.3) is 0 Å². The molecule has 61 heavy (non-hydrogen) atoms. The number of benzene rings is 6. The Balaban J connectivity index is 1.26. The van der Waals surface area contributed by atoms with Gasteiger partial charge in [-0.1, -0.05) is 114 Å². The normalized spacial score (nSPS) is 11.8. The number of rotatable bonds is 18. The van der Waals surface area contributed by atoms with Crippen LogP contribution in [0.1, 0.15) is 97.2 Å². The maximum atomic E-state index is 14.7. The summed E-state index contributed by atoms with van der Waals surface area (Å²) >= 11 is 0. The van der Waals surface area contributed by atoms with E-state index in [1.54, 1.807) is 48.5 Å². The van der Waals surface area contributed by atoms with E-state index in [2.05, 4.69) is 13.8 Å². The number of phosphoric ester groups is 2. The third-order valence-electron chi connectivity index (χ3n) is 11.3. The van der Waals surface area contributed by atoms with Gasteiger partial charge in [-0.15, -0.1) is 0 Å². The summed E-state index contributed by atoms with van der Waals surface area (Å²) < 4.78 is 66.7. The third kappa shape index (κ3) is 10.4. The molecule has 0 unspecified atom stereocenters. The van der Waals surface area contributed by atoms with Gasteiger partial charge in [0.2, 0.25) is 0 Å². The topological polar surface area (TPSA) is 89.5 Å². The molecule has 0 fully saturated rings. The predicted octanol–water partition coefficient (Wildman–Crippen LogP) is 14.8. The molecule has 0 atom stereocenters. The Morgan fingerprint density at radius 2 is 0.623 bits per heavy atom. The smallest absolute Gasteiger partial charge is 0.386 e. The molecule has 0 N–H and O–H groups in total. The van der Waals surface area contributed by atoms with E-state index in [1.165, 1.54) is 0 Å². The molecule has 0 spiro atoms. The molecule has 0 saturated carbocycles. The maximum Gasteiger partial charge on any atom is 0.647 e. The molecule has 6 aromatic carbocycles. The number of hydrogen-bond donors (Lipinski definition) is 0. The Morgan fingerprint density at radius 1 is 0.377 bits per heavy atom. The van der Waals surface area contributed by atoms with Crippen LogP contribution in [-0.4, -0.2) is 0 Å². The van der Waals surface area contributed by atoms with E-state index in [0.29, 0.717) is 60.2 Å². The zero-order chi connectivity index (χ0) is 44.0. The standard InChI is InChI=1S/C51H58O8P2/c1-11-43-35(5)19-15-23-47(43)56-60(52,57-48-24-16-20-36(6)44(48)12-2)54-41-31-27-39(28-32-41)51(9,10)40-29-33-42(34-30-40)55-61(53,58-49-25-17-21-37(7)45(49)13-3)59-50-26-18-22-38(8)46(50)14-4/h15-34H,11-14H2,1-10H3. The lowest BCUT2D eigenvalue weighted by Crippen LogP contribution is -2.18. The molecule has 0 amide bonds. The molecule has 0 aliphatic rings. The highest BCUT2D eigenvalue weighted by atomic mass is 31.2. The van der Waals surface area contributed by atoms with Gasteiger partial charge in [-0.05, 0) is 158 Å². The largest absolute Gasteiger partial charge is 0.647 e. The van der Waals surface area contributed by atoms with Gasteiger partial charge in [0.05, 0.1) is 0 Å². The van der Waals surface area contributed by atoms with Crippen LogP contribution < -0.4 is 27.1 Å². The van der Waals surface area contributed by atoms with Crippen LogP contribution >= 0.6 is 15.6 Å². The lowest BCUT2D eigenvalue weighted by atomic mass is 9.78. The molecule has 6 rings (SSSR count). The molecule has 0 saturated heterocycles. The van der Waals surface area contributed by atoms with Crippen LogP contribution in [0.4, 0.5) is 0 Å². The lowest BCUT2D eigenvalue weighted by molar-refractivity contribution is 0.294. The first-order valence-electron chi connectivity index (χ1n) is 21.0. The fourth-order valence-electron chi connectivity index (χ4n) is 7.74. The van der Waals surface area contributed by atoms with Crippen LogP contribution in [0, 0.1) is 27.7 Å². The van der Waals surface area contributed by atoms with Gasteiger partial charge in [0.15, 0.2) is 0 Å². The van der Waals surface area contributed by atoms with Crippen molar-refractivity contribution < 1.29 is 36.3 Å². The molecule has 0 aliphatic carbocycles. The summed E-state index contributed by atoms with van der Waals surface area (Å²) in [6, 6.07) is 37.5. The average Bonchev–Trinajstić information content (AvgIpc) is 3.21. The Labute approximate surface area is 362 Å². The average molecular weight is 861 g/mol. The molecular weight excluding hydrogens is 803 g/mol. The van der Waals surface area contributed by atoms with E-state index in [-0.39, 0.29) is 0 Å². The molecule has 0 aliphatic heterocycles. The van der Waals surface area contributed by atoms with E-state index in [4.69, 9.17) is 27.1 Å². The van der Waals surface area contributed by atoms with Crippen LogP contribution in [0.25, 0.3) is 0 Å². The van der Waals surface area contributed by atoms with Crippen LogP contribution in [0.5, 0.6) is 34.5 Å². The second-order valence-electron chi connectivity index (χ2n) is 15.7. The molecule has 320 valence electrons. The van der Waals surface area contributed by atoms with Crippen LogP contribution in [-0.2, 0) is 40.2 Å². The summed E-state index contributed by atoms with van der Waals surface area (Å²) in [5.41, 5.74) is 9.28. The van der Waals surface area contributed by atoms with Crippen LogP contribution in [0.15, 0.2) is 121 Å². The van der Waals surface area contributed by atoms with Crippen molar-refractivity contribution in [3.63, 3.8) is 0 Å². The van der Waals surface area contributed by atoms with E-state index < -0.39 is 21.1 Å². The van der Waals surface area contributed by atoms with Crippen molar-refractivity contribution in [1.29, 1.82) is 0 Å². The molecule has 0 bridgehead atoms. The van der Waals surface area contributed by atoms with E-state index in [1.807, 2.05) is 128 Å².